The van der Waals surface area contributed by atoms with Gasteiger partial charge in [-0.1, -0.05) is 30.1 Å². The van der Waals surface area contributed by atoms with E-state index >= 15 is 0 Å². The molecule has 1 saturated carbocycles. The van der Waals surface area contributed by atoms with E-state index in [2.05, 4.69) is 10.1 Å². The topological polar surface area (TPSA) is 102 Å². The Morgan fingerprint density at radius 2 is 1.85 bits per heavy atom. The summed E-state index contributed by atoms with van der Waals surface area (Å²) in [5.41, 5.74) is 5.87. The van der Waals surface area contributed by atoms with E-state index in [1.807, 2.05) is 0 Å². The van der Waals surface area contributed by atoms with Crippen molar-refractivity contribution in [1.82, 2.24) is 14.4 Å². The molecule has 2 N–H and O–H groups in total. The number of rotatable bonds is 4. The summed E-state index contributed by atoms with van der Waals surface area (Å²) in [4.78, 5) is 4.23. The van der Waals surface area contributed by atoms with Crippen molar-refractivity contribution in [2.24, 2.45) is 5.73 Å². The summed E-state index contributed by atoms with van der Waals surface area (Å²) < 4.78 is 46.1. The highest BCUT2D eigenvalue weighted by atomic mass is 32.2. The summed E-state index contributed by atoms with van der Waals surface area (Å²) in [6, 6.07) is 5.45. The average molecular weight is 394 g/mol. The van der Waals surface area contributed by atoms with Gasteiger partial charge in [-0.05, 0) is 37.8 Å². The van der Waals surface area contributed by atoms with Gasteiger partial charge in [-0.2, -0.15) is 9.29 Å². The van der Waals surface area contributed by atoms with Crippen LogP contribution in [0, 0.1) is 5.82 Å². The van der Waals surface area contributed by atoms with Gasteiger partial charge in [0.2, 0.25) is 15.9 Å². The number of aromatic nitrogens is 2. The van der Waals surface area contributed by atoms with Crippen LogP contribution >= 0.6 is 0 Å². The Balaban J connectivity index is 1.45. The fourth-order valence-corrected chi connectivity index (χ4v) is 5.50. The first-order chi connectivity index (χ1) is 12.9. The predicted octanol–water partition coefficient (Wildman–Crippen LogP) is 2.51. The molecule has 4 rings (SSSR count). The van der Waals surface area contributed by atoms with Crippen LogP contribution in [0.4, 0.5) is 4.39 Å². The lowest BCUT2D eigenvalue weighted by Gasteiger charge is -2.29. The number of hydrogen-bond donors (Lipinski definition) is 1. The van der Waals surface area contributed by atoms with Gasteiger partial charge in [0.15, 0.2) is 5.82 Å². The van der Waals surface area contributed by atoms with Crippen molar-refractivity contribution in [3.63, 3.8) is 0 Å². The van der Waals surface area contributed by atoms with Gasteiger partial charge in [-0.3, -0.25) is 0 Å². The normalized spacial score (nSPS) is 21.6. The first kappa shape index (κ1) is 18.5. The smallest absolute Gasteiger partial charge is 0.245 e. The van der Waals surface area contributed by atoms with Gasteiger partial charge in [0.25, 0.3) is 0 Å². The molecule has 0 unspecified atom stereocenters. The molecule has 0 amide bonds. The minimum absolute atomic E-state index is 0.0108. The highest BCUT2D eigenvalue weighted by Gasteiger charge is 2.38. The molecular weight excluding hydrogens is 371 g/mol. The van der Waals surface area contributed by atoms with Crippen molar-refractivity contribution in [2.75, 3.05) is 13.1 Å². The maximum atomic E-state index is 13.9. The van der Waals surface area contributed by atoms with E-state index in [1.165, 1.54) is 22.5 Å². The van der Waals surface area contributed by atoms with E-state index in [1.54, 1.807) is 0 Å². The zero-order valence-electron chi connectivity index (χ0n) is 15.0. The van der Waals surface area contributed by atoms with E-state index in [9.17, 15) is 12.8 Å². The summed E-state index contributed by atoms with van der Waals surface area (Å²) in [5.74, 6) is 0.329. The largest absolute Gasteiger partial charge is 0.339 e. The van der Waals surface area contributed by atoms with Gasteiger partial charge in [-0.15, -0.1) is 0 Å². The SMILES string of the molecule is NC1(c2noc(C3CCN(S(=O)(=O)c4ccccc4F)CC3)n2)CCCC1. The molecule has 2 heterocycles. The van der Waals surface area contributed by atoms with Crippen molar-refractivity contribution in [1.29, 1.82) is 0 Å². The third kappa shape index (κ3) is 3.39. The number of hydrogen-bond acceptors (Lipinski definition) is 6. The molecule has 0 radical (unpaired) electrons. The van der Waals surface area contributed by atoms with Gasteiger partial charge < -0.3 is 10.3 Å². The van der Waals surface area contributed by atoms with Gasteiger partial charge in [-0.25, -0.2) is 12.8 Å². The fraction of sp³-hybridized carbons (Fsp3) is 0.556. The van der Waals surface area contributed by atoms with Crippen LogP contribution in [0.15, 0.2) is 33.7 Å². The molecule has 9 heteroatoms. The van der Waals surface area contributed by atoms with Crippen LogP contribution in [0.25, 0.3) is 0 Å². The molecule has 1 saturated heterocycles. The summed E-state index contributed by atoms with van der Waals surface area (Å²) >= 11 is 0. The molecule has 0 bridgehead atoms. The highest BCUT2D eigenvalue weighted by molar-refractivity contribution is 7.89. The van der Waals surface area contributed by atoms with Crippen molar-refractivity contribution >= 4 is 10.0 Å². The van der Waals surface area contributed by atoms with Gasteiger partial charge in [0.05, 0.1) is 5.54 Å². The molecule has 1 aliphatic heterocycles. The van der Waals surface area contributed by atoms with E-state index in [-0.39, 0.29) is 23.9 Å². The standard InChI is InChI=1S/C18H23FN4O3S/c19-14-5-1-2-6-15(14)27(24,25)23-11-7-13(8-12-23)16-21-17(22-26-16)18(20)9-3-4-10-18/h1-2,5-6,13H,3-4,7-12,20H2. The lowest BCUT2D eigenvalue weighted by molar-refractivity contribution is 0.268. The summed E-state index contributed by atoms with van der Waals surface area (Å²) in [5, 5.41) is 4.08. The van der Waals surface area contributed by atoms with Crippen molar-refractivity contribution in [2.45, 2.75) is 54.9 Å². The van der Waals surface area contributed by atoms with Gasteiger partial charge in [0, 0.05) is 19.0 Å². The van der Waals surface area contributed by atoms with Crippen LogP contribution in [0.2, 0.25) is 0 Å². The minimum Gasteiger partial charge on any atom is -0.339 e. The van der Waals surface area contributed by atoms with Crippen molar-refractivity contribution in [3.8, 4) is 0 Å². The predicted molar refractivity (Wildman–Crippen MR) is 95.8 cm³/mol. The Morgan fingerprint density at radius 3 is 2.52 bits per heavy atom. The zero-order valence-corrected chi connectivity index (χ0v) is 15.8. The molecule has 0 spiro atoms. The molecule has 0 atom stereocenters. The van der Waals surface area contributed by atoms with Crippen LogP contribution in [-0.4, -0.2) is 36.0 Å². The second kappa shape index (κ2) is 6.96. The maximum absolute atomic E-state index is 13.9. The molecule has 7 nitrogen and oxygen atoms in total. The molecule has 2 fully saturated rings. The average Bonchev–Trinajstić information content (AvgIpc) is 3.32. The van der Waals surface area contributed by atoms with Crippen LogP contribution in [0.1, 0.15) is 56.2 Å². The third-order valence-corrected chi connectivity index (χ3v) is 7.57. The second-order valence-electron chi connectivity index (χ2n) is 7.43. The quantitative estimate of drug-likeness (QED) is 0.855. The summed E-state index contributed by atoms with van der Waals surface area (Å²) in [6.45, 7) is 0.569. The monoisotopic (exact) mass is 394 g/mol. The minimum atomic E-state index is -3.84. The molecule has 2 aliphatic rings. The van der Waals surface area contributed by atoms with Crippen molar-refractivity contribution < 1.29 is 17.3 Å². The number of halogens is 1. The summed E-state index contributed by atoms with van der Waals surface area (Å²) in [7, 11) is -3.84. The van der Waals surface area contributed by atoms with Crippen LogP contribution in [-0.2, 0) is 15.6 Å². The lowest BCUT2D eigenvalue weighted by Crippen LogP contribution is -2.38. The van der Waals surface area contributed by atoms with Gasteiger partial charge >= 0.3 is 0 Å². The Hall–Kier alpha value is -1.84. The molecule has 1 aliphatic carbocycles. The zero-order chi connectivity index (χ0) is 19.1. The van der Waals surface area contributed by atoms with E-state index < -0.39 is 21.4 Å². The van der Waals surface area contributed by atoms with Crippen molar-refractivity contribution in [3.05, 3.63) is 41.8 Å². The second-order valence-corrected chi connectivity index (χ2v) is 9.33. The molecule has 1 aromatic heterocycles. The number of piperidine rings is 1. The Kier molecular flexibility index (Phi) is 4.77. The van der Waals surface area contributed by atoms with Crippen LogP contribution in [0.5, 0.6) is 0 Å². The van der Waals surface area contributed by atoms with Crippen LogP contribution < -0.4 is 5.73 Å². The maximum Gasteiger partial charge on any atom is 0.245 e. The number of sulfonamides is 1. The first-order valence-corrected chi connectivity index (χ1v) is 10.7. The highest BCUT2D eigenvalue weighted by Crippen LogP contribution is 2.36. The van der Waals surface area contributed by atoms with Crippen LogP contribution in [0.3, 0.4) is 0 Å². The first-order valence-electron chi connectivity index (χ1n) is 9.28. The third-order valence-electron chi connectivity index (χ3n) is 5.64. The number of nitrogens with two attached hydrogens (primary N) is 1. The Morgan fingerprint density at radius 1 is 1.19 bits per heavy atom. The summed E-state index contributed by atoms with van der Waals surface area (Å²) in [6.07, 6.45) is 4.93. The fourth-order valence-electron chi connectivity index (χ4n) is 3.97. The van der Waals surface area contributed by atoms with Gasteiger partial charge in [0.1, 0.15) is 10.7 Å². The van der Waals surface area contributed by atoms with E-state index in [0.717, 1.165) is 31.7 Å². The Labute approximate surface area is 157 Å². The molecule has 146 valence electrons. The molecule has 1 aromatic carbocycles. The molecule has 27 heavy (non-hydrogen) atoms. The lowest BCUT2D eigenvalue weighted by atomic mass is 9.97. The molecule has 2 aromatic rings. The number of benzene rings is 1. The van der Waals surface area contributed by atoms with E-state index in [4.69, 9.17) is 10.3 Å². The van der Waals surface area contributed by atoms with E-state index in [0.29, 0.717) is 24.6 Å². The molecular formula is C18H23FN4O3S. The number of nitrogens with zero attached hydrogens (tertiary/aromatic N) is 3. The Bertz CT molecular complexity index is 916.